The smallest absolute Gasteiger partial charge is 0.0304 e. The second-order valence-corrected chi connectivity index (χ2v) is 7.37. The molecule has 0 aromatic rings. The molecule has 20 heavy (non-hydrogen) atoms. The summed E-state index contributed by atoms with van der Waals surface area (Å²) in [6.07, 6.45) is 11.0. The summed E-state index contributed by atoms with van der Waals surface area (Å²) in [5.74, 6) is 0.949. The van der Waals surface area contributed by atoms with Crippen LogP contribution in [0.1, 0.15) is 79.1 Å². The minimum Gasteiger partial charge on any atom is -0.308 e. The lowest BCUT2D eigenvalue weighted by molar-refractivity contribution is 0.0289. The molecule has 2 rings (SSSR count). The molecule has 0 aromatic carbocycles. The van der Waals surface area contributed by atoms with Crippen molar-refractivity contribution in [3.8, 4) is 0 Å². The Morgan fingerprint density at radius 2 is 1.80 bits per heavy atom. The summed E-state index contributed by atoms with van der Waals surface area (Å²) in [4.78, 5) is 2.90. The van der Waals surface area contributed by atoms with Crippen LogP contribution in [0.15, 0.2) is 0 Å². The second kappa shape index (κ2) is 7.26. The fraction of sp³-hybridized carbons (Fsp3) is 1.00. The third kappa shape index (κ3) is 3.57. The van der Waals surface area contributed by atoms with Crippen molar-refractivity contribution in [3.63, 3.8) is 0 Å². The number of nitrogens with zero attached hydrogens (tertiary/aromatic N) is 1. The zero-order valence-electron chi connectivity index (χ0n) is 14.3. The van der Waals surface area contributed by atoms with E-state index in [9.17, 15) is 0 Å². The number of hydrogen-bond acceptors (Lipinski definition) is 2. The van der Waals surface area contributed by atoms with Crippen molar-refractivity contribution in [3.05, 3.63) is 0 Å². The summed E-state index contributed by atoms with van der Waals surface area (Å²) >= 11 is 0. The monoisotopic (exact) mass is 280 g/mol. The molecule has 0 bridgehead atoms. The maximum atomic E-state index is 3.88. The highest BCUT2D eigenvalue weighted by Crippen LogP contribution is 2.32. The molecular weight excluding hydrogens is 244 g/mol. The van der Waals surface area contributed by atoms with E-state index >= 15 is 0 Å². The first-order valence-corrected chi connectivity index (χ1v) is 9.14. The van der Waals surface area contributed by atoms with Gasteiger partial charge in [0.25, 0.3) is 0 Å². The van der Waals surface area contributed by atoms with Gasteiger partial charge in [-0.3, -0.25) is 4.90 Å². The van der Waals surface area contributed by atoms with E-state index in [2.05, 4.69) is 37.9 Å². The molecule has 1 saturated carbocycles. The van der Waals surface area contributed by atoms with Gasteiger partial charge in [-0.05, 0) is 44.4 Å². The number of nitrogens with one attached hydrogen (secondary N) is 1. The van der Waals surface area contributed by atoms with Crippen LogP contribution in [0.25, 0.3) is 0 Å². The number of rotatable bonds is 4. The minimum atomic E-state index is 0.379. The highest BCUT2D eigenvalue weighted by molar-refractivity contribution is 4.98. The third-order valence-corrected chi connectivity index (χ3v) is 6.19. The molecule has 0 radical (unpaired) electrons. The molecule has 2 fully saturated rings. The van der Waals surface area contributed by atoms with Crippen LogP contribution in [-0.4, -0.2) is 35.6 Å². The molecule has 2 nitrogen and oxygen atoms in total. The largest absolute Gasteiger partial charge is 0.308 e. The Labute approximate surface area is 126 Å². The zero-order valence-corrected chi connectivity index (χ0v) is 14.3. The molecule has 2 aliphatic rings. The van der Waals surface area contributed by atoms with E-state index in [-0.39, 0.29) is 0 Å². The molecule has 1 aliphatic carbocycles. The molecule has 3 unspecified atom stereocenters. The van der Waals surface area contributed by atoms with Gasteiger partial charge < -0.3 is 5.32 Å². The lowest BCUT2D eigenvalue weighted by atomic mass is 9.86. The van der Waals surface area contributed by atoms with Crippen molar-refractivity contribution in [2.45, 2.75) is 96.7 Å². The molecule has 2 heteroatoms. The van der Waals surface area contributed by atoms with Crippen molar-refractivity contribution in [2.24, 2.45) is 5.92 Å². The molecule has 0 spiro atoms. The Hall–Kier alpha value is -0.0800. The Morgan fingerprint density at radius 3 is 2.45 bits per heavy atom. The van der Waals surface area contributed by atoms with Crippen LogP contribution in [0.2, 0.25) is 0 Å². The molecule has 118 valence electrons. The van der Waals surface area contributed by atoms with E-state index in [1.54, 1.807) is 0 Å². The van der Waals surface area contributed by atoms with Crippen molar-refractivity contribution in [2.75, 3.05) is 13.1 Å². The molecular formula is C18H36N2. The van der Waals surface area contributed by atoms with Crippen LogP contribution < -0.4 is 5.32 Å². The maximum Gasteiger partial charge on any atom is 0.0304 e. The zero-order chi connectivity index (χ0) is 14.6. The van der Waals surface area contributed by atoms with Crippen LogP contribution in [0.3, 0.4) is 0 Å². The van der Waals surface area contributed by atoms with Gasteiger partial charge in [-0.2, -0.15) is 0 Å². The summed E-state index contributed by atoms with van der Waals surface area (Å²) in [6.45, 7) is 12.0. The molecule has 0 aromatic heterocycles. The van der Waals surface area contributed by atoms with Gasteiger partial charge >= 0.3 is 0 Å². The van der Waals surface area contributed by atoms with Gasteiger partial charge in [0.15, 0.2) is 0 Å². The van der Waals surface area contributed by atoms with Gasteiger partial charge in [0.05, 0.1) is 0 Å². The first-order valence-electron chi connectivity index (χ1n) is 9.14. The van der Waals surface area contributed by atoms with Gasteiger partial charge in [-0.15, -0.1) is 0 Å². The second-order valence-electron chi connectivity index (χ2n) is 7.37. The summed E-state index contributed by atoms with van der Waals surface area (Å²) in [6, 6.07) is 1.61. The van der Waals surface area contributed by atoms with Gasteiger partial charge in [-0.25, -0.2) is 0 Å². The standard InChI is InChI=1S/C18H36N2/c1-5-16-13-19-18(6-2,7-3)14-20(16)17-10-8-9-15(4)11-12-17/h15-17,19H,5-14H2,1-4H3. The molecule has 1 saturated heterocycles. The van der Waals surface area contributed by atoms with Crippen molar-refractivity contribution in [1.82, 2.24) is 10.2 Å². The van der Waals surface area contributed by atoms with E-state index in [0.29, 0.717) is 5.54 Å². The number of piperazine rings is 1. The van der Waals surface area contributed by atoms with Crippen molar-refractivity contribution >= 4 is 0 Å². The van der Waals surface area contributed by atoms with E-state index in [0.717, 1.165) is 18.0 Å². The molecule has 3 atom stereocenters. The van der Waals surface area contributed by atoms with Crippen LogP contribution >= 0.6 is 0 Å². The lowest BCUT2D eigenvalue weighted by Crippen LogP contribution is -2.65. The first-order chi connectivity index (χ1) is 9.64. The van der Waals surface area contributed by atoms with E-state index in [1.165, 1.54) is 64.5 Å². The highest BCUT2D eigenvalue weighted by Gasteiger charge is 2.39. The Kier molecular flexibility index (Phi) is 5.92. The fourth-order valence-electron chi connectivity index (χ4n) is 4.31. The van der Waals surface area contributed by atoms with Crippen molar-refractivity contribution in [1.29, 1.82) is 0 Å². The SMILES string of the molecule is CCC1CNC(CC)(CC)CN1C1CCCC(C)CC1. The third-order valence-electron chi connectivity index (χ3n) is 6.19. The maximum absolute atomic E-state index is 3.88. The minimum absolute atomic E-state index is 0.379. The fourth-order valence-corrected chi connectivity index (χ4v) is 4.31. The Balaban J connectivity index is 2.08. The van der Waals surface area contributed by atoms with E-state index in [4.69, 9.17) is 0 Å². The molecule has 1 N–H and O–H groups in total. The topological polar surface area (TPSA) is 15.3 Å². The summed E-state index contributed by atoms with van der Waals surface area (Å²) in [7, 11) is 0. The summed E-state index contributed by atoms with van der Waals surface area (Å²) in [5, 5.41) is 3.88. The normalized spacial score (nSPS) is 35.7. The summed E-state index contributed by atoms with van der Waals surface area (Å²) in [5.41, 5.74) is 0.379. The predicted molar refractivity (Wildman–Crippen MR) is 88.1 cm³/mol. The summed E-state index contributed by atoms with van der Waals surface area (Å²) < 4.78 is 0. The first kappa shape index (κ1) is 16.3. The number of hydrogen-bond donors (Lipinski definition) is 1. The van der Waals surface area contributed by atoms with Gasteiger partial charge in [0, 0.05) is 30.7 Å². The quantitative estimate of drug-likeness (QED) is 0.777. The molecule has 1 heterocycles. The van der Waals surface area contributed by atoms with Crippen LogP contribution in [0.4, 0.5) is 0 Å². The average molecular weight is 280 g/mol. The van der Waals surface area contributed by atoms with E-state index < -0.39 is 0 Å². The molecule has 1 aliphatic heterocycles. The van der Waals surface area contributed by atoms with Gasteiger partial charge in [-0.1, -0.05) is 40.5 Å². The van der Waals surface area contributed by atoms with Crippen LogP contribution in [0.5, 0.6) is 0 Å². The van der Waals surface area contributed by atoms with E-state index in [1.807, 2.05) is 0 Å². The highest BCUT2D eigenvalue weighted by atomic mass is 15.3. The molecule has 0 amide bonds. The lowest BCUT2D eigenvalue weighted by Gasteiger charge is -2.50. The Bertz CT molecular complexity index is 285. The van der Waals surface area contributed by atoms with Crippen LogP contribution in [-0.2, 0) is 0 Å². The predicted octanol–water partition coefficient (Wildman–Crippen LogP) is 4.20. The average Bonchev–Trinajstić information content (AvgIpc) is 2.71. The van der Waals surface area contributed by atoms with Gasteiger partial charge in [0.2, 0.25) is 0 Å². The van der Waals surface area contributed by atoms with Gasteiger partial charge in [0.1, 0.15) is 0 Å². The van der Waals surface area contributed by atoms with Crippen molar-refractivity contribution < 1.29 is 0 Å². The van der Waals surface area contributed by atoms with Crippen LogP contribution in [0, 0.1) is 5.92 Å². The Morgan fingerprint density at radius 1 is 1.05 bits per heavy atom.